The Morgan fingerprint density at radius 2 is 1.95 bits per heavy atom. The van der Waals surface area contributed by atoms with E-state index in [0.29, 0.717) is 11.4 Å². The van der Waals surface area contributed by atoms with Crippen molar-refractivity contribution in [2.24, 2.45) is 0 Å². The molecule has 8 heteroatoms. The highest BCUT2D eigenvalue weighted by Crippen LogP contribution is 2.22. The quantitative estimate of drug-likeness (QED) is 0.692. The van der Waals surface area contributed by atoms with Gasteiger partial charge < -0.3 is 10.1 Å². The van der Waals surface area contributed by atoms with Gasteiger partial charge in [-0.05, 0) is 12.1 Å². The predicted octanol–water partition coefficient (Wildman–Crippen LogP) is 0.390. The average Bonchev–Trinajstić information content (AvgIpc) is 2.92. The van der Waals surface area contributed by atoms with Crippen molar-refractivity contribution in [1.82, 2.24) is 15.2 Å². The SMILES string of the molecule is COc1ccccc1NC(=O)C(=O)Nc1ncn[nH]1. The van der Waals surface area contributed by atoms with Gasteiger partial charge in [-0.15, -0.1) is 0 Å². The number of ether oxygens (including phenoxy) is 1. The second-order valence-electron chi connectivity index (χ2n) is 3.44. The highest BCUT2D eigenvalue weighted by Gasteiger charge is 2.16. The van der Waals surface area contributed by atoms with Crippen LogP contribution in [-0.2, 0) is 9.59 Å². The van der Waals surface area contributed by atoms with Gasteiger partial charge in [-0.3, -0.25) is 14.9 Å². The number of para-hydroxylation sites is 2. The molecular weight excluding hydrogens is 250 g/mol. The van der Waals surface area contributed by atoms with Crippen LogP contribution in [0, 0.1) is 0 Å². The van der Waals surface area contributed by atoms with Crippen molar-refractivity contribution in [3.8, 4) is 5.75 Å². The summed E-state index contributed by atoms with van der Waals surface area (Å²) < 4.78 is 5.06. The van der Waals surface area contributed by atoms with E-state index in [9.17, 15) is 9.59 Å². The molecule has 0 aliphatic heterocycles. The van der Waals surface area contributed by atoms with Gasteiger partial charge in [0.2, 0.25) is 5.95 Å². The molecule has 0 atom stereocenters. The molecule has 98 valence electrons. The second kappa shape index (κ2) is 5.63. The molecule has 0 unspecified atom stereocenters. The van der Waals surface area contributed by atoms with Gasteiger partial charge in [0, 0.05) is 0 Å². The van der Waals surface area contributed by atoms with Crippen molar-refractivity contribution in [3.05, 3.63) is 30.6 Å². The average molecular weight is 261 g/mol. The predicted molar refractivity (Wildman–Crippen MR) is 66.6 cm³/mol. The van der Waals surface area contributed by atoms with Crippen molar-refractivity contribution in [2.45, 2.75) is 0 Å². The monoisotopic (exact) mass is 261 g/mol. The van der Waals surface area contributed by atoms with Crippen molar-refractivity contribution in [2.75, 3.05) is 17.7 Å². The Bertz CT molecular complexity index is 582. The van der Waals surface area contributed by atoms with Crippen LogP contribution >= 0.6 is 0 Å². The minimum absolute atomic E-state index is 0.0974. The van der Waals surface area contributed by atoms with Gasteiger partial charge in [0.25, 0.3) is 0 Å². The zero-order chi connectivity index (χ0) is 13.7. The summed E-state index contributed by atoms with van der Waals surface area (Å²) in [6.07, 6.45) is 1.22. The fourth-order valence-corrected chi connectivity index (χ4v) is 1.36. The van der Waals surface area contributed by atoms with Crippen LogP contribution in [0.15, 0.2) is 30.6 Å². The molecule has 0 spiro atoms. The normalized spacial score (nSPS) is 9.74. The molecule has 0 fully saturated rings. The molecule has 0 aliphatic carbocycles. The maximum absolute atomic E-state index is 11.7. The molecule has 0 saturated carbocycles. The van der Waals surface area contributed by atoms with Gasteiger partial charge in [-0.25, -0.2) is 5.10 Å². The zero-order valence-electron chi connectivity index (χ0n) is 10.0. The molecule has 8 nitrogen and oxygen atoms in total. The Morgan fingerprint density at radius 3 is 2.63 bits per heavy atom. The first-order valence-corrected chi connectivity index (χ1v) is 5.31. The van der Waals surface area contributed by atoms with Crippen LogP contribution in [0.1, 0.15) is 0 Å². The summed E-state index contributed by atoms with van der Waals surface area (Å²) in [7, 11) is 1.47. The number of carbonyl (C=O) groups excluding carboxylic acids is 2. The Morgan fingerprint density at radius 1 is 1.21 bits per heavy atom. The van der Waals surface area contributed by atoms with Crippen molar-refractivity contribution < 1.29 is 14.3 Å². The molecule has 0 saturated heterocycles. The lowest BCUT2D eigenvalue weighted by Gasteiger charge is -2.08. The number of hydrogen-bond acceptors (Lipinski definition) is 5. The maximum Gasteiger partial charge on any atom is 0.316 e. The van der Waals surface area contributed by atoms with Crippen LogP contribution in [0.5, 0.6) is 5.75 Å². The van der Waals surface area contributed by atoms with Crippen LogP contribution in [0.2, 0.25) is 0 Å². The van der Waals surface area contributed by atoms with Crippen LogP contribution in [0.25, 0.3) is 0 Å². The first-order chi connectivity index (χ1) is 9.20. The third-order valence-corrected chi connectivity index (χ3v) is 2.21. The number of aromatic amines is 1. The molecule has 1 heterocycles. The molecule has 0 radical (unpaired) electrons. The molecule has 1 aromatic heterocycles. The smallest absolute Gasteiger partial charge is 0.316 e. The van der Waals surface area contributed by atoms with Gasteiger partial charge in [0.05, 0.1) is 12.8 Å². The summed E-state index contributed by atoms with van der Waals surface area (Å²) in [6.45, 7) is 0. The number of anilines is 2. The third-order valence-electron chi connectivity index (χ3n) is 2.21. The van der Waals surface area contributed by atoms with Gasteiger partial charge in [-0.2, -0.15) is 10.1 Å². The summed E-state index contributed by atoms with van der Waals surface area (Å²) >= 11 is 0. The van der Waals surface area contributed by atoms with Crippen molar-refractivity contribution in [3.63, 3.8) is 0 Å². The van der Waals surface area contributed by atoms with E-state index in [0.717, 1.165) is 0 Å². The van der Waals surface area contributed by atoms with E-state index in [1.807, 2.05) is 0 Å². The molecule has 19 heavy (non-hydrogen) atoms. The van der Waals surface area contributed by atoms with E-state index in [2.05, 4.69) is 25.8 Å². The van der Waals surface area contributed by atoms with Gasteiger partial charge >= 0.3 is 11.8 Å². The summed E-state index contributed by atoms with van der Waals surface area (Å²) in [5.41, 5.74) is 0.405. The van der Waals surface area contributed by atoms with Gasteiger partial charge in [-0.1, -0.05) is 12.1 Å². The molecule has 0 bridgehead atoms. The number of benzene rings is 1. The van der Waals surface area contributed by atoms with Crippen LogP contribution in [-0.4, -0.2) is 34.1 Å². The topological polar surface area (TPSA) is 109 Å². The summed E-state index contributed by atoms with van der Waals surface area (Å²) in [4.78, 5) is 26.9. The highest BCUT2D eigenvalue weighted by atomic mass is 16.5. The maximum atomic E-state index is 11.7. The highest BCUT2D eigenvalue weighted by molar-refractivity contribution is 6.43. The number of aromatic nitrogens is 3. The molecule has 2 amide bonds. The number of rotatable bonds is 3. The fourth-order valence-electron chi connectivity index (χ4n) is 1.36. The fraction of sp³-hybridized carbons (Fsp3) is 0.0909. The van der Waals surface area contributed by atoms with E-state index in [4.69, 9.17) is 4.74 Å². The van der Waals surface area contributed by atoms with Crippen LogP contribution < -0.4 is 15.4 Å². The standard InChI is InChI=1S/C11H11N5O3/c1-19-8-5-3-2-4-7(8)14-9(17)10(18)15-11-12-6-13-16-11/h2-6H,1H3,(H,14,17)(H2,12,13,15,16,18). The molecule has 0 aliphatic rings. The minimum atomic E-state index is -0.859. The lowest BCUT2D eigenvalue weighted by Crippen LogP contribution is -2.29. The van der Waals surface area contributed by atoms with E-state index >= 15 is 0 Å². The van der Waals surface area contributed by atoms with Crippen molar-refractivity contribution >= 4 is 23.5 Å². The first kappa shape index (κ1) is 12.6. The number of carbonyl (C=O) groups is 2. The van der Waals surface area contributed by atoms with Crippen LogP contribution in [0.3, 0.4) is 0 Å². The summed E-state index contributed by atoms with van der Waals surface area (Å²) in [5, 5.41) is 10.6. The van der Waals surface area contributed by atoms with Gasteiger partial charge in [0.1, 0.15) is 12.1 Å². The van der Waals surface area contributed by atoms with E-state index < -0.39 is 11.8 Å². The number of nitrogens with one attached hydrogen (secondary N) is 3. The van der Waals surface area contributed by atoms with Crippen LogP contribution in [0.4, 0.5) is 11.6 Å². The number of amides is 2. The van der Waals surface area contributed by atoms with Gasteiger partial charge in [0.15, 0.2) is 0 Å². The Hall–Kier alpha value is -2.90. The Kier molecular flexibility index (Phi) is 3.72. The lowest BCUT2D eigenvalue weighted by molar-refractivity contribution is -0.133. The molecular formula is C11H11N5O3. The zero-order valence-corrected chi connectivity index (χ0v) is 10.0. The molecule has 2 aromatic rings. The number of hydrogen-bond donors (Lipinski definition) is 3. The summed E-state index contributed by atoms with van der Waals surface area (Å²) in [6, 6.07) is 6.76. The minimum Gasteiger partial charge on any atom is -0.495 e. The number of nitrogens with zero attached hydrogens (tertiary/aromatic N) is 2. The van der Waals surface area contributed by atoms with E-state index in [1.54, 1.807) is 24.3 Å². The Balaban J connectivity index is 2.02. The van der Waals surface area contributed by atoms with E-state index in [1.165, 1.54) is 13.4 Å². The second-order valence-corrected chi connectivity index (χ2v) is 3.44. The largest absolute Gasteiger partial charge is 0.495 e. The third kappa shape index (κ3) is 3.06. The number of H-pyrrole nitrogens is 1. The van der Waals surface area contributed by atoms with E-state index in [-0.39, 0.29) is 5.95 Å². The Labute approximate surface area is 108 Å². The molecule has 3 N–H and O–H groups in total. The number of methoxy groups -OCH3 is 1. The van der Waals surface area contributed by atoms with Crippen molar-refractivity contribution in [1.29, 1.82) is 0 Å². The summed E-state index contributed by atoms with van der Waals surface area (Å²) in [5.74, 6) is -1.13. The lowest BCUT2D eigenvalue weighted by atomic mass is 10.3. The molecule has 2 rings (SSSR count). The molecule has 1 aromatic carbocycles. The first-order valence-electron chi connectivity index (χ1n) is 5.31.